The summed E-state index contributed by atoms with van der Waals surface area (Å²) in [4.78, 5) is 65.5. The number of anilines is 1. The Labute approximate surface area is 330 Å². The van der Waals surface area contributed by atoms with Gasteiger partial charge in [0, 0.05) is 41.3 Å². The number of carbonyl (C=O) groups excluding carboxylic acids is 3. The minimum absolute atomic E-state index is 0.00469. The van der Waals surface area contributed by atoms with E-state index < -0.39 is 58.9 Å². The molecule has 0 radical (unpaired) electrons. The number of nitrogens with zero attached hydrogens (tertiary/aromatic N) is 3. The number of pyridine rings is 1. The Morgan fingerprint density at radius 1 is 1.04 bits per heavy atom. The van der Waals surface area contributed by atoms with E-state index in [1.807, 2.05) is 50.4 Å². The molecule has 300 valence electrons. The highest BCUT2D eigenvalue weighted by atomic mass is 32.1. The van der Waals surface area contributed by atoms with Crippen molar-refractivity contribution in [2.24, 2.45) is 11.3 Å². The minimum atomic E-state index is -1.51. The molecule has 56 heavy (non-hydrogen) atoms. The second kappa shape index (κ2) is 15.9. The topological polar surface area (TPSA) is 181 Å². The maximum atomic E-state index is 14.6. The van der Waals surface area contributed by atoms with Gasteiger partial charge in [-0.1, -0.05) is 39.7 Å². The van der Waals surface area contributed by atoms with Crippen LogP contribution in [0.3, 0.4) is 0 Å². The van der Waals surface area contributed by atoms with Crippen LogP contribution in [-0.2, 0) is 19.1 Å². The van der Waals surface area contributed by atoms with Crippen LogP contribution < -0.4 is 25.4 Å². The summed E-state index contributed by atoms with van der Waals surface area (Å²) in [5.74, 6) is -1.64. The molecule has 3 aliphatic carbocycles. The molecule has 4 N–H and O–H groups in total. The van der Waals surface area contributed by atoms with Crippen LogP contribution in [0.4, 0.5) is 9.93 Å². The molecule has 7 rings (SSSR count). The predicted octanol–water partition coefficient (Wildman–Crippen LogP) is 6.30. The number of hydrogen-bond acceptors (Lipinski definition) is 11. The molecule has 4 fully saturated rings. The van der Waals surface area contributed by atoms with E-state index in [1.165, 1.54) is 35.2 Å². The Morgan fingerprint density at radius 3 is 2.43 bits per heavy atom. The Balaban J connectivity index is 1.19. The molecule has 3 aromatic rings. The number of benzene rings is 1. The highest BCUT2D eigenvalue weighted by Crippen LogP contribution is 2.45. The summed E-state index contributed by atoms with van der Waals surface area (Å²) in [6, 6.07) is 5.55. The van der Waals surface area contributed by atoms with Crippen molar-refractivity contribution in [3.05, 3.63) is 42.3 Å². The first-order valence-corrected chi connectivity index (χ1v) is 20.5. The summed E-state index contributed by atoms with van der Waals surface area (Å²) in [6.07, 6.45) is 8.31. The molecule has 3 amide bonds. The van der Waals surface area contributed by atoms with Crippen LogP contribution in [0.2, 0.25) is 0 Å². The monoisotopic (exact) mass is 788 g/mol. The van der Waals surface area contributed by atoms with Crippen LogP contribution >= 0.6 is 11.3 Å². The van der Waals surface area contributed by atoms with Crippen LogP contribution in [0.5, 0.6) is 11.5 Å². The van der Waals surface area contributed by atoms with E-state index in [1.54, 1.807) is 7.11 Å². The standard InChI is InChI=1S/C41H52N6O8S/c1-6-23-20-41(23,37(50)51)46-35(48)32-18-27(21-47(32)36(49)34(40(2,3)4)45-39(52)55-25-13-9-10-14-25)54-33-19-30(43-29-17-26(53-5)15-16-28(29)33)31-22-56-38(44-31)42-24-11-7-8-12-24/h6,15-17,19,22-25,27,32,34H,1,7-14,18,20-21H2,2-5H3,(H,42,44)(H,45,52)(H,46,48)(H,50,51)/t23-,27-,32?,34-,41-/m1/s1. The van der Waals surface area contributed by atoms with Gasteiger partial charge in [0.25, 0.3) is 0 Å². The third-order valence-corrected chi connectivity index (χ3v) is 12.3. The number of alkyl carbamates (subject to hydrolysis) is 1. The van der Waals surface area contributed by atoms with Gasteiger partial charge < -0.3 is 40.2 Å². The quantitative estimate of drug-likeness (QED) is 0.143. The fourth-order valence-corrected chi connectivity index (χ4v) is 9.01. The predicted molar refractivity (Wildman–Crippen MR) is 212 cm³/mol. The number of aromatic nitrogens is 2. The summed E-state index contributed by atoms with van der Waals surface area (Å²) >= 11 is 1.52. The zero-order valence-electron chi connectivity index (χ0n) is 32.5. The lowest BCUT2D eigenvalue weighted by molar-refractivity contribution is -0.146. The zero-order chi connectivity index (χ0) is 39.8. The van der Waals surface area contributed by atoms with Gasteiger partial charge in [-0.2, -0.15) is 0 Å². The normalized spacial score (nSPS) is 24.4. The van der Waals surface area contributed by atoms with Gasteiger partial charge in [0.15, 0.2) is 5.13 Å². The van der Waals surface area contributed by atoms with Gasteiger partial charge in [-0.05, 0) is 62.5 Å². The highest BCUT2D eigenvalue weighted by Gasteiger charge is 2.61. The molecule has 15 heteroatoms. The number of methoxy groups -OCH3 is 1. The molecule has 0 bridgehead atoms. The van der Waals surface area contributed by atoms with Crippen molar-refractivity contribution in [3.63, 3.8) is 0 Å². The van der Waals surface area contributed by atoms with Crippen molar-refractivity contribution in [2.45, 2.75) is 121 Å². The highest BCUT2D eigenvalue weighted by molar-refractivity contribution is 7.14. The third-order valence-electron chi connectivity index (χ3n) is 11.5. The Morgan fingerprint density at radius 2 is 1.77 bits per heavy atom. The maximum Gasteiger partial charge on any atom is 0.408 e. The Hall–Kier alpha value is -4.92. The molecule has 1 aromatic carbocycles. The molecule has 0 spiro atoms. The summed E-state index contributed by atoms with van der Waals surface area (Å²) in [5, 5.41) is 22.7. The van der Waals surface area contributed by atoms with Gasteiger partial charge in [0.1, 0.15) is 47.0 Å². The average Bonchev–Trinajstić information content (AvgIpc) is 3.80. The fourth-order valence-electron chi connectivity index (χ4n) is 8.23. The van der Waals surface area contributed by atoms with Crippen molar-refractivity contribution in [1.29, 1.82) is 0 Å². The lowest BCUT2D eigenvalue weighted by atomic mass is 9.85. The van der Waals surface area contributed by atoms with Crippen LogP contribution in [0.1, 0.15) is 85.0 Å². The summed E-state index contributed by atoms with van der Waals surface area (Å²) in [7, 11) is 1.58. The number of hydrogen-bond donors (Lipinski definition) is 4. The fraction of sp³-hybridized carbons (Fsp3) is 0.561. The average molecular weight is 789 g/mol. The number of amides is 3. The van der Waals surface area contributed by atoms with E-state index in [9.17, 15) is 24.3 Å². The van der Waals surface area contributed by atoms with Gasteiger partial charge in [-0.25, -0.2) is 19.6 Å². The molecule has 5 atom stereocenters. The largest absolute Gasteiger partial charge is 0.497 e. The summed E-state index contributed by atoms with van der Waals surface area (Å²) in [6.45, 7) is 9.22. The lowest BCUT2D eigenvalue weighted by Crippen LogP contribution is -2.59. The Kier molecular flexibility index (Phi) is 11.2. The molecule has 3 saturated carbocycles. The lowest BCUT2D eigenvalue weighted by Gasteiger charge is -2.35. The number of carboxylic acid groups (broad SMARTS) is 1. The maximum absolute atomic E-state index is 14.6. The zero-order valence-corrected chi connectivity index (χ0v) is 33.3. The number of aliphatic carboxylic acids is 1. The van der Waals surface area contributed by atoms with E-state index >= 15 is 0 Å². The SMILES string of the molecule is C=C[C@@H]1C[C@]1(NC(=O)C1C[C@@H](Oc2cc(-c3csc(NC4CCCC4)n3)nc3cc(OC)ccc23)CN1C(=O)[C@@H](NC(=O)OC1CCCC1)C(C)(C)C)C(=O)O. The van der Waals surface area contributed by atoms with Gasteiger partial charge in [0.2, 0.25) is 11.8 Å². The molecule has 1 aliphatic heterocycles. The molecule has 1 unspecified atom stereocenters. The van der Waals surface area contributed by atoms with E-state index in [-0.39, 0.29) is 25.5 Å². The molecule has 14 nitrogen and oxygen atoms in total. The van der Waals surface area contributed by atoms with Crippen LogP contribution in [-0.4, -0.2) is 93.4 Å². The summed E-state index contributed by atoms with van der Waals surface area (Å²) < 4.78 is 17.9. The van der Waals surface area contributed by atoms with E-state index in [4.69, 9.17) is 24.2 Å². The molecule has 2 aromatic heterocycles. The van der Waals surface area contributed by atoms with Gasteiger partial charge >= 0.3 is 12.1 Å². The van der Waals surface area contributed by atoms with Crippen molar-refractivity contribution in [1.82, 2.24) is 25.5 Å². The number of carbonyl (C=O) groups is 4. The Bertz CT molecular complexity index is 1990. The van der Waals surface area contributed by atoms with Crippen molar-refractivity contribution >= 4 is 51.2 Å². The van der Waals surface area contributed by atoms with Crippen molar-refractivity contribution in [2.75, 3.05) is 19.0 Å². The first kappa shape index (κ1) is 39.3. The summed E-state index contributed by atoms with van der Waals surface area (Å²) in [5.41, 5.74) is -0.405. The number of rotatable bonds is 13. The number of carboxylic acids is 1. The van der Waals surface area contributed by atoms with E-state index in [2.05, 4.69) is 22.5 Å². The van der Waals surface area contributed by atoms with E-state index in [0.29, 0.717) is 39.8 Å². The third kappa shape index (κ3) is 8.28. The second-order valence-corrected chi connectivity index (χ2v) is 17.5. The van der Waals surface area contributed by atoms with E-state index in [0.717, 1.165) is 43.7 Å². The van der Waals surface area contributed by atoms with Crippen molar-refractivity contribution in [3.8, 4) is 22.9 Å². The van der Waals surface area contributed by atoms with Gasteiger partial charge in [-0.15, -0.1) is 17.9 Å². The van der Waals surface area contributed by atoms with Crippen LogP contribution in [0.25, 0.3) is 22.3 Å². The number of likely N-dealkylation sites (tertiary alicyclic amines) is 1. The molecule has 1 saturated heterocycles. The molecule has 4 aliphatic rings. The molecule has 3 heterocycles. The number of thiazole rings is 1. The minimum Gasteiger partial charge on any atom is -0.497 e. The first-order valence-electron chi connectivity index (χ1n) is 19.6. The molecular formula is C41H52N6O8S. The van der Waals surface area contributed by atoms with Crippen molar-refractivity contribution < 1.29 is 38.5 Å². The second-order valence-electron chi connectivity index (χ2n) is 16.6. The number of fused-ring (bicyclic) bond motifs is 1. The number of ether oxygens (including phenoxy) is 3. The molecular weight excluding hydrogens is 737 g/mol. The van der Waals surface area contributed by atoms with Crippen LogP contribution in [0, 0.1) is 11.3 Å². The van der Waals surface area contributed by atoms with Crippen LogP contribution in [0.15, 0.2) is 42.3 Å². The van der Waals surface area contributed by atoms with Gasteiger partial charge in [-0.3, -0.25) is 9.59 Å². The number of nitrogens with one attached hydrogen (secondary N) is 3. The van der Waals surface area contributed by atoms with Gasteiger partial charge in [0.05, 0.1) is 24.9 Å². The smallest absolute Gasteiger partial charge is 0.408 e. The first-order chi connectivity index (χ1) is 26.8.